The standard InChI is InChI=1S/C13H19NO3S/c15-5-1-6-18-7-4-14-9-11-2-3-12-13(8-11)17-10-16-12/h2-3,8,14-15H,1,4-7,9-10H2. The van der Waals surface area contributed by atoms with E-state index in [-0.39, 0.29) is 6.61 Å². The molecule has 1 aliphatic heterocycles. The Morgan fingerprint density at radius 3 is 3.00 bits per heavy atom. The van der Waals surface area contributed by atoms with Crippen molar-refractivity contribution in [1.82, 2.24) is 5.32 Å². The maximum Gasteiger partial charge on any atom is 0.231 e. The summed E-state index contributed by atoms with van der Waals surface area (Å²) in [5, 5.41) is 12.0. The molecule has 4 nitrogen and oxygen atoms in total. The predicted octanol–water partition coefficient (Wildman–Crippen LogP) is 1.62. The second-order valence-electron chi connectivity index (χ2n) is 4.05. The molecule has 2 N–H and O–H groups in total. The van der Waals surface area contributed by atoms with E-state index in [1.165, 1.54) is 5.56 Å². The first kappa shape index (κ1) is 13.5. The van der Waals surface area contributed by atoms with E-state index in [1.54, 1.807) is 0 Å². The van der Waals surface area contributed by atoms with Gasteiger partial charge in [0.05, 0.1) is 0 Å². The van der Waals surface area contributed by atoms with Crippen molar-refractivity contribution in [2.45, 2.75) is 13.0 Å². The number of ether oxygens (including phenoxy) is 2. The first-order valence-corrected chi connectivity index (χ1v) is 7.33. The van der Waals surface area contributed by atoms with Crippen molar-refractivity contribution in [1.29, 1.82) is 0 Å². The third kappa shape index (κ3) is 4.08. The molecule has 0 amide bonds. The molecule has 1 aliphatic rings. The highest BCUT2D eigenvalue weighted by molar-refractivity contribution is 7.99. The SMILES string of the molecule is OCCCSCCNCc1ccc2c(c1)OCO2. The van der Waals surface area contributed by atoms with Crippen LogP contribution in [0.5, 0.6) is 11.5 Å². The lowest BCUT2D eigenvalue weighted by Gasteiger charge is -2.05. The molecule has 0 atom stereocenters. The summed E-state index contributed by atoms with van der Waals surface area (Å²) in [5.41, 5.74) is 1.21. The number of fused-ring (bicyclic) bond motifs is 1. The van der Waals surface area contributed by atoms with Gasteiger partial charge < -0.3 is 19.9 Å². The molecule has 100 valence electrons. The molecule has 0 aliphatic carbocycles. The number of benzene rings is 1. The fourth-order valence-electron chi connectivity index (χ4n) is 1.70. The highest BCUT2D eigenvalue weighted by atomic mass is 32.2. The number of thioether (sulfide) groups is 1. The Morgan fingerprint density at radius 1 is 1.22 bits per heavy atom. The monoisotopic (exact) mass is 269 g/mol. The van der Waals surface area contributed by atoms with Crippen molar-refractivity contribution in [3.63, 3.8) is 0 Å². The predicted molar refractivity (Wildman–Crippen MR) is 73.3 cm³/mol. The number of aliphatic hydroxyl groups excluding tert-OH is 1. The lowest BCUT2D eigenvalue weighted by Crippen LogP contribution is -2.16. The van der Waals surface area contributed by atoms with Crippen molar-refractivity contribution >= 4 is 11.8 Å². The zero-order chi connectivity index (χ0) is 12.6. The third-order valence-corrected chi connectivity index (χ3v) is 3.71. The molecule has 0 saturated heterocycles. The van der Waals surface area contributed by atoms with Crippen LogP contribution in [0.25, 0.3) is 0 Å². The summed E-state index contributed by atoms with van der Waals surface area (Å²) in [4.78, 5) is 0. The molecule has 2 rings (SSSR count). The first-order chi connectivity index (χ1) is 8.90. The summed E-state index contributed by atoms with van der Waals surface area (Å²) >= 11 is 1.87. The molecule has 0 radical (unpaired) electrons. The van der Waals surface area contributed by atoms with Gasteiger partial charge in [0.25, 0.3) is 0 Å². The zero-order valence-electron chi connectivity index (χ0n) is 10.4. The van der Waals surface area contributed by atoms with Gasteiger partial charge in [-0.3, -0.25) is 0 Å². The topological polar surface area (TPSA) is 50.7 Å². The molecule has 18 heavy (non-hydrogen) atoms. The van der Waals surface area contributed by atoms with E-state index in [1.807, 2.05) is 23.9 Å². The van der Waals surface area contributed by atoms with Gasteiger partial charge in [-0.1, -0.05) is 6.07 Å². The smallest absolute Gasteiger partial charge is 0.231 e. The largest absolute Gasteiger partial charge is 0.454 e. The molecule has 1 heterocycles. The maximum absolute atomic E-state index is 8.64. The second kappa shape index (κ2) is 7.51. The van der Waals surface area contributed by atoms with Gasteiger partial charge in [-0.2, -0.15) is 11.8 Å². The van der Waals surface area contributed by atoms with E-state index in [9.17, 15) is 0 Å². The van der Waals surface area contributed by atoms with Crippen LogP contribution < -0.4 is 14.8 Å². The minimum atomic E-state index is 0.289. The van der Waals surface area contributed by atoms with Crippen molar-refractivity contribution in [2.75, 3.05) is 31.5 Å². The molecule has 0 aromatic heterocycles. The molecule has 0 spiro atoms. The Morgan fingerprint density at radius 2 is 2.11 bits per heavy atom. The van der Waals surface area contributed by atoms with E-state index in [2.05, 4.69) is 11.4 Å². The van der Waals surface area contributed by atoms with Gasteiger partial charge in [0.2, 0.25) is 6.79 Å². The van der Waals surface area contributed by atoms with Crippen molar-refractivity contribution in [2.24, 2.45) is 0 Å². The number of nitrogens with one attached hydrogen (secondary N) is 1. The summed E-state index contributed by atoms with van der Waals surface area (Å²) < 4.78 is 10.6. The second-order valence-corrected chi connectivity index (χ2v) is 5.28. The fraction of sp³-hybridized carbons (Fsp3) is 0.538. The van der Waals surface area contributed by atoms with Crippen LogP contribution in [0.3, 0.4) is 0 Å². The molecule has 5 heteroatoms. The van der Waals surface area contributed by atoms with Crippen LogP contribution in [0.15, 0.2) is 18.2 Å². The number of rotatable bonds is 8. The summed E-state index contributed by atoms with van der Waals surface area (Å²) in [6.45, 7) is 2.44. The Labute approximate surface area is 112 Å². The molecule has 1 aromatic carbocycles. The van der Waals surface area contributed by atoms with Crippen LogP contribution in [0.4, 0.5) is 0 Å². The van der Waals surface area contributed by atoms with Crippen LogP contribution >= 0.6 is 11.8 Å². The summed E-state index contributed by atoms with van der Waals surface area (Å²) in [5.74, 6) is 3.78. The summed E-state index contributed by atoms with van der Waals surface area (Å²) in [6, 6.07) is 6.03. The lowest BCUT2D eigenvalue weighted by atomic mass is 10.2. The Hall–Kier alpha value is -0.910. The van der Waals surface area contributed by atoms with E-state index in [0.717, 1.165) is 42.5 Å². The summed E-state index contributed by atoms with van der Waals surface area (Å²) in [7, 11) is 0. The molecular formula is C13H19NO3S. The molecule has 1 aromatic rings. The van der Waals surface area contributed by atoms with Gasteiger partial charge in [0.1, 0.15) is 0 Å². The Balaban J connectivity index is 1.62. The normalized spacial score (nSPS) is 12.9. The Bertz CT molecular complexity index is 373. The van der Waals surface area contributed by atoms with Crippen LogP contribution in [-0.4, -0.2) is 36.6 Å². The quantitative estimate of drug-likeness (QED) is 0.702. The van der Waals surface area contributed by atoms with Crippen LogP contribution in [0.1, 0.15) is 12.0 Å². The summed E-state index contributed by atoms with van der Waals surface area (Å²) in [6.07, 6.45) is 0.882. The molecular weight excluding hydrogens is 250 g/mol. The van der Waals surface area contributed by atoms with Crippen molar-refractivity contribution in [3.05, 3.63) is 23.8 Å². The van der Waals surface area contributed by atoms with Crippen molar-refractivity contribution in [3.8, 4) is 11.5 Å². The molecule has 0 fully saturated rings. The van der Waals surface area contributed by atoms with E-state index in [4.69, 9.17) is 14.6 Å². The van der Waals surface area contributed by atoms with E-state index >= 15 is 0 Å². The van der Waals surface area contributed by atoms with Crippen LogP contribution in [-0.2, 0) is 6.54 Å². The number of aliphatic hydroxyl groups is 1. The highest BCUT2D eigenvalue weighted by Gasteiger charge is 2.12. The Kier molecular flexibility index (Phi) is 5.64. The van der Waals surface area contributed by atoms with Gasteiger partial charge in [0.15, 0.2) is 11.5 Å². The third-order valence-electron chi connectivity index (χ3n) is 2.64. The molecule has 0 saturated carbocycles. The average molecular weight is 269 g/mol. The minimum absolute atomic E-state index is 0.289. The highest BCUT2D eigenvalue weighted by Crippen LogP contribution is 2.32. The minimum Gasteiger partial charge on any atom is -0.454 e. The van der Waals surface area contributed by atoms with Gasteiger partial charge in [-0.25, -0.2) is 0 Å². The van der Waals surface area contributed by atoms with Gasteiger partial charge in [0, 0.05) is 25.4 Å². The molecule has 0 bridgehead atoms. The van der Waals surface area contributed by atoms with Gasteiger partial charge in [-0.05, 0) is 29.9 Å². The maximum atomic E-state index is 8.64. The van der Waals surface area contributed by atoms with E-state index < -0.39 is 0 Å². The van der Waals surface area contributed by atoms with Gasteiger partial charge >= 0.3 is 0 Å². The number of hydrogen-bond acceptors (Lipinski definition) is 5. The van der Waals surface area contributed by atoms with Crippen molar-refractivity contribution < 1.29 is 14.6 Å². The average Bonchev–Trinajstić information content (AvgIpc) is 2.85. The van der Waals surface area contributed by atoms with Crippen LogP contribution in [0.2, 0.25) is 0 Å². The fourth-order valence-corrected chi connectivity index (χ4v) is 2.52. The van der Waals surface area contributed by atoms with E-state index in [0.29, 0.717) is 6.79 Å². The zero-order valence-corrected chi connectivity index (χ0v) is 11.2. The molecule has 0 unspecified atom stereocenters. The number of hydrogen-bond donors (Lipinski definition) is 2. The first-order valence-electron chi connectivity index (χ1n) is 6.18. The van der Waals surface area contributed by atoms with Gasteiger partial charge in [-0.15, -0.1) is 0 Å². The van der Waals surface area contributed by atoms with Crippen LogP contribution in [0, 0.1) is 0 Å². The lowest BCUT2D eigenvalue weighted by molar-refractivity contribution is 0.174.